The minimum absolute atomic E-state index is 0.357. The minimum Gasteiger partial charge on any atom is -0.497 e. The van der Waals surface area contributed by atoms with Crippen LogP contribution >= 0.6 is 0 Å². The third-order valence-corrected chi connectivity index (χ3v) is 3.13. The number of benzene rings is 1. The molecular formula is C14H18N2O3. The molecule has 1 heterocycles. The third-order valence-electron chi connectivity index (χ3n) is 3.13. The first-order valence-electron chi connectivity index (χ1n) is 5.98. The molecule has 0 spiro atoms. The summed E-state index contributed by atoms with van der Waals surface area (Å²) in [6.07, 6.45) is 1.90. The van der Waals surface area contributed by atoms with Crippen LogP contribution in [0.25, 0.3) is 10.9 Å². The van der Waals surface area contributed by atoms with Gasteiger partial charge in [-0.15, -0.1) is 0 Å². The second-order valence-electron chi connectivity index (χ2n) is 4.78. The Morgan fingerprint density at radius 3 is 2.74 bits per heavy atom. The van der Waals surface area contributed by atoms with Gasteiger partial charge in [-0.3, -0.25) is 4.79 Å². The summed E-state index contributed by atoms with van der Waals surface area (Å²) in [5, 5.41) is 1.04. The second-order valence-corrected chi connectivity index (χ2v) is 4.78. The molecule has 5 nitrogen and oxygen atoms in total. The topological polar surface area (TPSA) is 66.5 Å². The lowest BCUT2D eigenvalue weighted by atomic mass is 10.0. The minimum atomic E-state index is -1.05. The van der Waals surface area contributed by atoms with Crippen molar-refractivity contribution in [3.8, 4) is 5.75 Å². The first-order valence-corrected chi connectivity index (χ1v) is 5.98. The Bertz CT molecular complexity index is 602. The fraction of sp³-hybridized carbons (Fsp3) is 0.357. The number of ether oxygens (including phenoxy) is 2. The van der Waals surface area contributed by atoms with Crippen LogP contribution in [0, 0.1) is 0 Å². The quantitative estimate of drug-likeness (QED) is 0.849. The molecule has 1 atom stereocenters. The van der Waals surface area contributed by atoms with Crippen LogP contribution in [0.15, 0.2) is 30.5 Å². The summed E-state index contributed by atoms with van der Waals surface area (Å²) in [6, 6.07) is 7.73. The molecule has 0 bridgehead atoms. The standard InChI is InChI=1S/C14H18N2O3/c1-14(15,13(17)19-3)9-16-7-6-10-8-11(18-2)4-5-12(10)16/h4-8H,9,15H2,1-3H3/t14-/m1/s1. The van der Waals surface area contributed by atoms with Gasteiger partial charge in [-0.05, 0) is 31.2 Å². The van der Waals surface area contributed by atoms with E-state index >= 15 is 0 Å². The highest BCUT2D eigenvalue weighted by atomic mass is 16.5. The van der Waals surface area contributed by atoms with Gasteiger partial charge < -0.3 is 19.8 Å². The lowest BCUT2D eigenvalue weighted by molar-refractivity contribution is -0.146. The smallest absolute Gasteiger partial charge is 0.327 e. The van der Waals surface area contributed by atoms with E-state index in [-0.39, 0.29) is 0 Å². The zero-order chi connectivity index (χ0) is 14.0. The van der Waals surface area contributed by atoms with Crippen LogP contribution in [0.3, 0.4) is 0 Å². The number of esters is 1. The van der Waals surface area contributed by atoms with E-state index in [0.29, 0.717) is 6.54 Å². The molecule has 0 saturated carbocycles. The number of hydrogen-bond acceptors (Lipinski definition) is 4. The van der Waals surface area contributed by atoms with E-state index in [0.717, 1.165) is 16.7 Å². The number of hydrogen-bond donors (Lipinski definition) is 1. The van der Waals surface area contributed by atoms with Gasteiger partial charge in [0.05, 0.1) is 20.8 Å². The Kier molecular flexibility index (Phi) is 3.48. The molecule has 0 aliphatic carbocycles. The number of fused-ring (bicyclic) bond motifs is 1. The maximum absolute atomic E-state index is 11.6. The van der Waals surface area contributed by atoms with Gasteiger partial charge in [0.1, 0.15) is 11.3 Å². The first kappa shape index (κ1) is 13.4. The van der Waals surface area contributed by atoms with Crippen molar-refractivity contribution >= 4 is 16.9 Å². The average Bonchev–Trinajstić information content (AvgIpc) is 2.79. The molecule has 1 aromatic heterocycles. The van der Waals surface area contributed by atoms with Crippen LogP contribution in [-0.2, 0) is 16.1 Å². The van der Waals surface area contributed by atoms with E-state index in [1.165, 1.54) is 7.11 Å². The van der Waals surface area contributed by atoms with Crippen molar-refractivity contribution in [1.82, 2.24) is 4.57 Å². The van der Waals surface area contributed by atoms with Gasteiger partial charge >= 0.3 is 5.97 Å². The molecule has 0 aliphatic rings. The fourth-order valence-electron chi connectivity index (χ4n) is 2.09. The Hall–Kier alpha value is -2.01. The van der Waals surface area contributed by atoms with Gasteiger partial charge in [-0.2, -0.15) is 0 Å². The highest BCUT2D eigenvalue weighted by Gasteiger charge is 2.30. The van der Waals surface area contributed by atoms with E-state index in [1.807, 2.05) is 35.0 Å². The van der Waals surface area contributed by atoms with Crippen molar-refractivity contribution in [2.75, 3.05) is 14.2 Å². The Morgan fingerprint density at radius 1 is 1.37 bits per heavy atom. The molecule has 0 unspecified atom stereocenters. The zero-order valence-electron chi connectivity index (χ0n) is 11.3. The molecule has 102 valence electrons. The summed E-state index contributed by atoms with van der Waals surface area (Å²) in [6.45, 7) is 2.02. The Balaban J connectivity index is 2.34. The molecular weight excluding hydrogens is 244 g/mol. The molecule has 1 aromatic carbocycles. The molecule has 19 heavy (non-hydrogen) atoms. The molecule has 0 radical (unpaired) electrons. The summed E-state index contributed by atoms with van der Waals surface area (Å²) < 4.78 is 11.8. The van der Waals surface area contributed by atoms with E-state index < -0.39 is 11.5 Å². The molecule has 2 aromatic rings. The van der Waals surface area contributed by atoms with Crippen molar-refractivity contribution in [3.63, 3.8) is 0 Å². The SMILES string of the molecule is COC(=O)[C@](C)(N)Cn1ccc2cc(OC)ccc21. The number of nitrogens with zero attached hydrogens (tertiary/aromatic N) is 1. The highest BCUT2D eigenvalue weighted by Crippen LogP contribution is 2.23. The summed E-state index contributed by atoms with van der Waals surface area (Å²) >= 11 is 0. The van der Waals surface area contributed by atoms with E-state index in [9.17, 15) is 4.79 Å². The summed E-state index contributed by atoms with van der Waals surface area (Å²) in [5.74, 6) is 0.372. The monoisotopic (exact) mass is 262 g/mol. The van der Waals surface area contributed by atoms with Crippen LogP contribution in [0.1, 0.15) is 6.92 Å². The molecule has 2 rings (SSSR count). The van der Waals surface area contributed by atoms with Crippen LogP contribution in [0.2, 0.25) is 0 Å². The maximum atomic E-state index is 11.6. The molecule has 5 heteroatoms. The van der Waals surface area contributed by atoms with E-state index in [4.69, 9.17) is 15.2 Å². The van der Waals surface area contributed by atoms with Crippen molar-refractivity contribution in [1.29, 1.82) is 0 Å². The Labute approximate surface area is 111 Å². The predicted octanol–water partition coefficient (Wildman–Crippen LogP) is 1.54. The van der Waals surface area contributed by atoms with E-state index in [1.54, 1.807) is 14.0 Å². The number of rotatable bonds is 4. The van der Waals surface area contributed by atoms with Crippen molar-refractivity contribution in [3.05, 3.63) is 30.5 Å². The fourth-order valence-corrected chi connectivity index (χ4v) is 2.09. The number of carbonyl (C=O) groups is 1. The van der Waals surface area contributed by atoms with Gasteiger partial charge in [0.15, 0.2) is 0 Å². The van der Waals surface area contributed by atoms with Gasteiger partial charge in [0, 0.05) is 17.1 Å². The first-order chi connectivity index (χ1) is 8.97. The van der Waals surface area contributed by atoms with Crippen molar-refractivity contribution in [2.24, 2.45) is 5.73 Å². The number of aromatic nitrogens is 1. The number of nitrogens with two attached hydrogens (primary N) is 1. The lowest BCUT2D eigenvalue weighted by Gasteiger charge is -2.22. The number of methoxy groups -OCH3 is 2. The van der Waals surface area contributed by atoms with Gasteiger partial charge in [-0.1, -0.05) is 0 Å². The van der Waals surface area contributed by atoms with Gasteiger partial charge in [0.2, 0.25) is 0 Å². The molecule has 2 N–H and O–H groups in total. The maximum Gasteiger partial charge on any atom is 0.327 e. The lowest BCUT2D eigenvalue weighted by Crippen LogP contribution is -2.49. The van der Waals surface area contributed by atoms with Crippen molar-refractivity contribution in [2.45, 2.75) is 19.0 Å². The predicted molar refractivity (Wildman–Crippen MR) is 73.1 cm³/mol. The number of carbonyl (C=O) groups excluding carboxylic acids is 1. The molecule has 0 saturated heterocycles. The highest BCUT2D eigenvalue weighted by molar-refractivity contribution is 5.83. The average molecular weight is 262 g/mol. The third kappa shape index (κ3) is 2.56. The van der Waals surface area contributed by atoms with Gasteiger partial charge in [0.25, 0.3) is 0 Å². The van der Waals surface area contributed by atoms with Crippen LogP contribution in [0.4, 0.5) is 0 Å². The molecule has 0 amide bonds. The van der Waals surface area contributed by atoms with Crippen LogP contribution < -0.4 is 10.5 Å². The Morgan fingerprint density at radius 2 is 2.11 bits per heavy atom. The largest absolute Gasteiger partial charge is 0.497 e. The summed E-state index contributed by atoms with van der Waals surface area (Å²) in [5.41, 5.74) is 5.94. The van der Waals surface area contributed by atoms with E-state index in [2.05, 4.69) is 0 Å². The normalized spacial score (nSPS) is 14.1. The second kappa shape index (κ2) is 4.93. The molecule has 0 fully saturated rings. The summed E-state index contributed by atoms with van der Waals surface area (Å²) in [4.78, 5) is 11.6. The van der Waals surface area contributed by atoms with Crippen molar-refractivity contribution < 1.29 is 14.3 Å². The van der Waals surface area contributed by atoms with Gasteiger partial charge in [-0.25, -0.2) is 0 Å². The van der Waals surface area contributed by atoms with Crippen LogP contribution in [-0.4, -0.2) is 30.3 Å². The van der Waals surface area contributed by atoms with Crippen LogP contribution in [0.5, 0.6) is 5.75 Å². The summed E-state index contributed by atoms with van der Waals surface area (Å²) in [7, 11) is 2.97. The zero-order valence-corrected chi connectivity index (χ0v) is 11.3. The molecule has 0 aliphatic heterocycles.